The fraction of sp³-hybridized carbons (Fsp3) is 0.500. The third-order valence-electron chi connectivity index (χ3n) is 2.99. The van der Waals surface area contributed by atoms with Crippen molar-refractivity contribution in [2.45, 2.75) is 32.2 Å². The van der Waals surface area contributed by atoms with Gasteiger partial charge < -0.3 is 10.1 Å². The summed E-state index contributed by atoms with van der Waals surface area (Å²) in [6.07, 6.45) is 2.96. The first-order valence-corrected chi connectivity index (χ1v) is 6.32. The Balaban J connectivity index is 2.15. The summed E-state index contributed by atoms with van der Waals surface area (Å²) in [5, 5.41) is 3.23. The van der Waals surface area contributed by atoms with Gasteiger partial charge >= 0.3 is 0 Å². The van der Waals surface area contributed by atoms with Crippen LogP contribution in [0.1, 0.15) is 36.5 Å². The van der Waals surface area contributed by atoms with Crippen LogP contribution in [0.5, 0.6) is 5.75 Å². The first-order chi connectivity index (χ1) is 8.33. The smallest absolute Gasteiger partial charge is 0.183 e. The second-order valence-corrected chi connectivity index (χ2v) is 4.36. The number of carbonyl (C=O) groups is 1. The zero-order valence-corrected chi connectivity index (χ0v) is 10.2. The molecule has 1 N–H and O–H groups in total. The summed E-state index contributed by atoms with van der Waals surface area (Å²) in [6.45, 7) is 3.65. The van der Waals surface area contributed by atoms with E-state index in [1.165, 1.54) is 0 Å². The van der Waals surface area contributed by atoms with Crippen LogP contribution >= 0.6 is 0 Å². The van der Waals surface area contributed by atoms with E-state index in [2.05, 4.69) is 12.2 Å². The van der Waals surface area contributed by atoms with Crippen LogP contribution in [0.15, 0.2) is 24.3 Å². The van der Waals surface area contributed by atoms with E-state index in [0.29, 0.717) is 17.9 Å². The third kappa shape index (κ3) is 2.86. The van der Waals surface area contributed by atoms with Crippen LogP contribution in [0.2, 0.25) is 0 Å². The first kappa shape index (κ1) is 12.1. The average Bonchev–Trinajstić information content (AvgIpc) is 2.89. The van der Waals surface area contributed by atoms with Gasteiger partial charge in [-0.05, 0) is 37.9 Å². The lowest BCUT2D eigenvalue weighted by molar-refractivity contribution is 0.0948. The second kappa shape index (κ2) is 5.82. The lowest BCUT2D eigenvalue weighted by Gasteiger charge is -2.13. The molecule has 1 aliphatic heterocycles. The van der Waals surface area contributed by atoms with Crippen LogP contribution in [0, 0.1) is 0 Å². The van der Waals surface area contributed by atoms with Crippen molar-refractivity contribution in [2.75, 3.05) is 13.2 Å². The molecule has 0 saturated carbocycles. The molecule has 0 radical (unpaired) electrons. The van der Waals surface area contributed by atoms with Crippen molar-refractivity contribution in [3.63, 3.8) is 0 Å². The summed E-state index contributed by atoms with van der Waals surface area (Å²) in [6, 6.07) is 7.50. The molecule has 0 spiro atoms. The molecule has 1 aliphatic rings. The van der Waals surface area contributed by atoms with Crippen molar-refractivity contribution in [1.29, 1.82) is 0 Å². The van der Waals surface area contributed by atoms with E-state index >= 15 is 0 Å². The molecule has 0 aliphatic carbocycles. The number of Topliss-reactive ketones (excluding diaryl/α,β-unsaturated/α-hetero) is 1. The van der Waals surface area contributed by atoms with Crippen molar-refractivity contribution in [2.24, 2.45) is 0 Å². The number of carbonyl (C=O) groups excluding carboxylic acids is 1. The van der Waals surface area contributed by atoms with Gasteiger partial charge in [0.2, 0.25) is 0 Å². The van der Waals surface area contributed by atoms with Crippen molar-refractivity contribution in [3.8, 4) is 5.75 Å². The maximum absolute atomic E-state index is 12.3. The predicted octanol–water partition coefficient (Wildman–Crippen LogP) is 2.41. The fourth-order valence-corrected chi connectivity index (χ4v) is 2.10. The summed E-state index contributed by atoms with van der Waals surface area (Å²) in [5.41, 5.74) is 0.709. The van der Waals surface area contributed by atoms with Gasteiger partial charge in [0, 0.05) is 0 Å². The highest BCUT2D eigenvalue weighted by atomic mass is 16.5. The fourth-order valence-electron chi connectivity index (χ4n) is 2.10. The van der Waals surface area contributed by atoms with E-state index in [1.807, 2.05) is 24.3 Å². The standard InChI is InChI=1S/C14H19NO2/c1-2-10-17-13-8-4-3-6-11(13)14(16)12-7-5-9-15-12/h3-4,6,8,12,15H,2,5,7,9-10H2,1H3. The minimum absolute atomic E-state index is 0.0265. The van der Waals surface area contributed by atoms with E-state index < -0.39 is 0 Å². The van der Waals surface area contributed by atoms with E-state index in [0.717, 1.165) is 25.8 Å². The van der Waals surface area contributed by atoms with Crippen LogP contribution in [-0.2, 0) is 0 Å². The molecule has 17 heavy (non-hydrogen) atoms. The molecular weight excluding hydrogens is 214 g/mol. The van der Waals surface area contributed by atoms with Gasteiger partial charge in [-0.3, -0.25) is 4.79 Å². The predicted molar refractivity (Wildman–Crippen MR) is 67.6 cm³/mol. The second-order valence-electron chi connectivity index (χ2n) is 4.36. The Kier molecular flexibility index (Phi) is 4.15. The topological polar surface area (TPSA) is 38.3 Å². The van der Waals surface area contributed by atoms with Gasteiger partial charge in [0.25, 0.3) is 0 Å². The van der Waals surface area contributed by atoms with E-state index in [4.69, 9.17) is 4.74 Å². The highest BCUT2D eigenvalue weighted by Gasteiger charge is 2.25. The van der Waals surface area contributed by atoms with Crippen LogP contribution in [0.3, 0.4) is 0 Å². The van der Waals surface area contributed by atoms with Crippen LogP contribution in [-0.4, -0.2) is 25.0 Å². The van der Waals surface area contributed by atoms with E-state index in [-0.39, 0.29) is 11.8 Å². The molecule has 2 rings (SSSR count). The quantitative estimate of drug-likeness (QED) is 0.794. The average molecular weight is 233 g/mol. The normalized spacial score (nSPS) is 19.2. The SMILES string of the molecule is CCCOc1ccccc1C(=O)C1CCCN1. The van der Waals surface area contributed by atoms with Crippen molar-refractivity contribution in [3.05, 3.63) is 29.8 Å². The number of hydrogen-bond donors (Lipinski definition) is 1. The summed E-state index contributed by atoms with van der Waals surface area (Å²) < 4.78 is 5.62. The minimum Gasteiger partial charge on any atom is -0.493 e. The number of ketones is 1. The Hall–Kier alpha value is -1.35. The Morgan fingerprint density at radius 3 is 3.00 bits per heavy atom. The van der Waals surface area contributed by atoms with Gasteiger partial charge in [-0.15, -0.1) is 0 Å². The Morgan fingerprint density at radius 2 is 2.29 bits per heavy atom. The summed E-state index contributed by atoms with van der Waals surface area (Å²) in [5.74, 6) is 0.877. The van der Waals surface area contributed by atoms with Gasteiger partial charge in [0.1, 0.15) is 5.75 Å². The first-order valence-electron chi connectivity index (χ1n) is 6.32. The molecule has 3 nitrogen and oxygen atoms in total. The highest BCUT2D eigenvalue weighted by Crippen LogP contribution is 2.22. The molecule has 0 amide bonds. The number of ether oxygens (including phenoxy) is 1. The third-order valence-corrected chi connectivity index (χ3v) is 2.99. The number of nitrogens with one attached hydrogen (secondary N) is 1. The van der Waals surface area contributed by atoms with Gasteiger partial charge in [0.05, 0.1) is 18.2 Å². The Morgan fingerprint density at radius 1 is 1.47 bits per heavy atom. The van der Waals surface area contributed by atoms with E-state index in [9.17, 15) is 4.79 Å². The maximum atomic E-state index is 12.3. The van der Waals surface area contributed by atoms with Gasteiger partial charge in [-0.25, -0.2) is 0 Å². The van der Waals surface area contributed by atoms with E-state index in [1.54, 1.807) is 0 Å². The number of para-hydroxylation sites is 1. The molecule has 1 saturated heterocycles. The molecule has 92 valence electrons. The van der Waals surface area contributed by atoms with Crippen LogP contribution < -0.4 is 10.1 Å². The maximum Gasteiger partial charge on any atom is 0.183 e. The molecular formula is C14H19NO2. The van der Waals surface area contributed by atoms with Crippen molar-refractivity contribution < 1.29 is 9.53 Å². The Labute approximate surface area is 102 Å². The molecule has 0 bridgehead atoms. The highest BCUT2D eigenvalue weighted by molar-refractivity contribution is 6.02. The van der Waals surface area contributed by atoms with Crippen LogP contribution in [0.4, 0.5) is 0 Å². The largest absolute Gasteiger partial charge is 0.493 e. The molecule has 1 aromatic carbocycles. The molecule has 0 aromatic heterocycles. The van der Waals surface area contributed by atoms with Gasteiger partial charge in [-0.2, -0.15) is 0 Å². The van der Waals surface area contributed by atoms with Crippen LogP contribution in [0.25, 0.3) is 0 Å². The zero-order valence-electron chi connectivity index (χ0n) is 10.2. The molecule has 1 fully saturated rings. The van der Waals surface area contributed by atoms with Crippen molar-refractivity contribution in [1.82, 2.24) is 5.32 Å². The Bertz CT molecular complexity index is 384. The lowest BCUT2D eigenvalue weighted by Crippen LogP contribution is -2.31. The molecule has 1 aromatic rings. The summed E-state index contributed by atoms with van der Waals surface area (Å²) in [4.78, 5) is 12.3. The monoisotopic (exact) mass is 233 g/mol. The molecule has 1 unspecified atom stereocenters. The summed E-state index contributed by atoms with van der Waals surface area (Å²) in [7, 11) is 0. The van der Waals surface area contributed by atoms with Gasteiger partial charge in [-0.1, -0.05) is 19.1 Å². The molecule has 1 heterocycles. The zero-order chi connectivity index (χ0) is 12.1. The number of rotatable bonds is 5. The number of benzene rings is 1. The minimum atomic E-state index is -0.0265. The summed E-state index contributed by atoms with van der Waals surface area (Å²) >= 11 is 0. The molecule has 1 atom stereocenters. The number of hydrogen-bond acceptors (Lipinski definition) is 3. The van der Waals surface area contributed by atoms with Crippen molar-refractivity contribution >= 4 is 5.78 Å². The van der Waals surface area contributed by atoms with Gasteiger partial charge in [0.15, 0.2) is 5.78 Å². The lowest BCUT2D eigenvalue weighted by atomic mass is 10.0. The molecule has 3 heteroatoms.